The predicted octanol–water partition coefficient (Wildman–Crippen LogP) is -7.54. The molecule has 0 spiro atoms. The van der Waals surface area contributed by atoms with Gasteiger partial charge in [0.2, 0.25) is 82.7 Å². The summed E-state index contributed by atoms with van der Waals surface area (Å²) in [6, 6.07) is 1.50. The van der Waals surface area contributed by atoms with Crippen molar-refractivity contribution in [3.63, 3.8) is 0 Å². The van der Waals surface area contributed by atoms with Crippen LogP contribution < -0.4 is 92.1 Å². The zero-order valence-corrected chi connectivity index (χ0v) is 52.8. The van der Waals surface area contributed by atoms with Crippen molar-refractivity contribution in [2.24, 2.45) is 28.9 Å². The molecule has 23 N–H and O–H groups in total. The van der Waals surface area contributed by atoms with E-state index in [0.29, 0.717) is 17.5 Å². The number of benzene rings is 2. The summed E-state index contributed by atoms with van der Waals surface area (Å²) in [6.07, 6.45) is -0.812. The second-order valence-electron chi connectivity index (χ2n) is 21.4. The third-order valence-electron chi connectivity index (χ3n) is 13.2. The Morgan fingerprint density at radius 2 is 0.868 bits per heavy atom. The molecule has 2 aromatic carbocycles. The molecule has 35 heteroatoms. The van der Waals surface area contributed by atoms with Gasteiger partial charge < -0.3 is 97.2 Å². The molecule has 33 nitrogen and oxygen atoms in total. The van der Waals surface area contributed by atoms with E-state index in [-0.39, 0.29) is 55.6 Å². The SMILES string of the molecule is CC(C)C[C@H](NC(=O)[C@H](Cc1ccccc1)NC(=O)[C@H](Cc1ccccc1)NC(=O)[C@H](CC(N)=O)NC(=O)[C@H](CO)NC(=O)[C@@H](N)CCCNC(=N)N)C(=O)NCC(=O)N[C@@H](CS)C(=O)N[C@@H](C)C(=O)N[C@@H](CS)C(=O)N[C@@H](C)C(=O)NCC(=O)N[C@@H](C)C(N)=O. The summed E-state index contributed by atoms with van der Waals surface area (Å²) in [5, 5.41) is 48.8. The van der Waals surface area contributed by atoms with Crippen LogP contribution in [0.4, 0.5) is 0 Å². The summed E-state index contributed by atoms with van der Waals surface area (Å²) >= 11 is 8.26. The topological polar surface area (TPSA) is 544 Å². The Hall–Kier alpha value is -9.09. The second-order valence-corrected chi connectivity index (χ2v) is 22.1. The minimum atomic E-state index is -1.78. The van der Waals surface area contributed by atoms with Gasteiger partial charge in [0, 0.05) is 30.9 Å². The van der Waals surface area contributed by atoms with Gasteiger partial charge in [-0.1, -0.05) is 74.5 Å². The molecule has 0 bridgehead atoms. The van der Waals surface area contributed by atoms with Gasteiger partial charge in [0.15, 0.2) is 5.96 Å². The van der Waals surface area contributed by atoms with Crippen molar-refractivity contribution in [2.75, 3.05) is 37.7 Å². The summed E-state index contributed by atoms with van der Waals surface area (Å²) in [5.74, 6) is -13.8. The van der Waals surface area contributed by atoms with Crippen molar-refractivity contribution in [3.05, 3.63) is 71.8 Å². The monoisotopic (exact) mass is 1310 g/mol. The Kier molecular flexibility index (Phi) is 34.7. The minimum Gasteiger partial charge on any atom is -0.394 e. The highest BCUT2D eigenvalue weighted by molar-refractivity contribution is 7.80. The maximum Gasteiger partial charge on any atom is 0.245 e. The lowest BCUT2D eigenvalue weighted by molar-refractivity contribution is -0.136. The van der Waals surface area contributed by atoms with Crippen molar-refractivity contribution >= 4 is 114 Å². The first-order chi connectivity index (χ1) is 42.9. The number of aliphatic hydroxyl groups excluding tert-OH is 1. The van der Waals surface area contributed by atoms with Gasteiger partial charge in [-0.15, -0.1) is 0 Å². The number of guanidine groups is 1. The quantitative estimate of drug-likeness (QED) is 0.0128. The van der Waals surface area contributed by atoms with E-state index in [9.17, 15) is 72.2 Å². The highest BCUT2D eigenvalue weighted by Gasteiger charge is 2.35. The molecule has 0 aliphatic heterocycles. The molecule has 0 saturated heterocycles. The number of rotatable bonds is 40. The zero-order valence-electron chi connectivity index (χ0n) is 51.1. The van der Waals surface area contributed by atoms with Gasteiger partial charge in [-0.2, -0.15) is 25.3 Å². The molecule has 0 saturated carbocycles. The van der Waals surface area contributed by atoms with Crippen LogP contribution in [0.2, 0.25) is 0 Å². The fourth-order valence-corrected chi connectivity index (χ4v) is 8.65. The molecule has 0 aliphatic rings. The number of nitrogens with one attached hydrogen (secondary N) is 14. The van der Waals surface area contributed by atoms with Crippen LogP contribution >= 0.6 is 25.3 Å². The average Bonchev–Trinajstić information content (AvgIpc) is 2.21. The zero-order chi connectivity index (χ0) is 68.5. The van der Waals surface area contributed by atoms with Gasteiger partial charge in [0.1, 0.15) is 60.4 Å². The molecule has 14 amide bonds. The third-order valence-corrected chi connectivity index (χ3v) is 13.9. The highest BCUT2D eigenvalue weighted by atomic mass is 32.1. The first-order valence-corrected chi connectivity index (χ1v) is 30.0. The van der Waals surface area contributed by atoms with Crippen LogP contribution in [-0.2, 0) is 80.0 Å². The van der Waals surface area contributed by atoms with E-state index in [0.717, 1.165) is 0 Å². The van der Waals surface area contributed by atoms with E-state index in [1.54, 1.807) is 74.5 Å². The van der Waals surface area contributed by atoms with Crippen molar-refractivity contribution < 1.29 is 72.2 Å². The first-order valence-electron chi connectivity index (χ1n) is 28.8. The van der Waals surface area contributed by atoms with Crippen molar-refractivity contribution in [3.8, 4) is 0 Å². The molecule has 91 heavy (non-hydrogen) atoms. The number of hydrogen-bond acceptors (Lipinski definition) is 19. The number of amides is 14. The van der Waals surface area contributed by atoms with E-state index in [1.807, 2.05) is 0 Å². The van der Waals surface area contributed by atoms with Crippen LogP contribution in [0.5, 0.6) is 0 Å². The molecule has 0 radical (unpaired) electrons. The normalized spacial score (nSPS) is 14.5. The number of thiol groups is 2. The van der Waals surface area contributed by atoms with Crippen LogP contribution in [-0.4, -0.2) is 198 Å². The fraction of sp³-hybridized carbons (Fsp3) is 0.518. The standard InChI is InChI=1S/C56H86N18O15S2/c1-28(2)19-35(49(83)64-24-44(78)68-40(26-90)54(88)67-31(5)47(81)74-41(27-91)55(89)66-30(4)46(80)63-23-43(77)65-29(3)45(59)79)69-50(84)36(20-32-13-8-6-9-14-32)70-51(85)37(21-33-15-10-7-11-16-33)71-52(86)38(22-42(58)76)72-53(87)39(25-75)73-48(82)34(57)17-12-18-62-56(60)61/h6-11,13-16,28-31,34-41,75,90-91H,12,17-27,57H2,1-5H3,(H2,58,76)(H2,59,79)(H,63,80)(H,64,83)(H,65,77)(H,66,89)(H,67,88)(H,68,78)(H,69,84)(H,70,85)(H,71,86)(H,72,87)(H,73,82)(H,74,81)(H4,60,61,62)/t29-,30-,31-,34-,35-,36-,37-,38-,39-,40-,41-/m0/s1. The van der Waals surface area contributed by atoms with E-state index in [4.69, 9.17) is 28.3 Å². The van der Waals surface area contributed by atoms with E-state index >= 15 is 0 Å². The molecule has 2 aromatic rings. The number of carbonyl (C=O) groups excluding carboxylic acids is 14. The van der Waals surface area contributed by atoms with Gasteiger partial charge in [-0.05, 0) is 57.1 Å². The smallest absolute Gasteiger partial charge is 0.245 e. The summed E-state index contributed by atoms with van der Waals surface area (Å²) in [5.41, 5.74) is 22.9. The van der Waals surface area contributed by atoms with Crippen LogP contribution in [0.25, 0.3) is 0 Å². The van der Waals surface area contributed by atoms with Crippen LogP contribution in [0, 0.1) is 11.3 Å². The Bertz CT molecular complexity index is 2860. The lowest BCUT2D eigenvalue weighted by Gasteiger charge is -2.27. The second kappa shape index (κ2) is 40.5. The number of nitrogens with two attached hydrogens (primary N) is 4. The maximum atomic E-state index is 14.5. The summed E-state index contributed by atoms with van der Waals surface area (Å²) in [6.45, 7) is 5.38. The van der Waals surface area contributed by atoms with Gasteiger partial charge >= 0.3 is 0 Å². The van der Waals surface area contributed by atoms with Gasteiger partial charge in [-0.3, -0.25) is 72.5 Å². The Balaban J connectivity index is 2.24. The first kappa shape index (κ1) is 78.0. The summed E-state index contributed by atoms with van der Waals surface area (Å²) in [4.78, 5) is 184. The van der Waals surface area contributed by atoms with Crippen LogP contribution in [0.1, 0.15) is 71.4 Å². The van der Waals surface area contributed by atoms with E-state index in [2.05, 4.69) is 94.4 Å². The van der Waals surface area contributed by atoms with Crippen molar-refractivity contribution in [1.82, 2.24) is 69.1 Å². The van der Waals surface area contributed by atoms with Crippen LogP contribution in [0.15, 0.2) is 60.7 Å². The molecular formula is C56H86N18O15S2. The molecule has 0 aliphatic carbocycles. The molecule has 0 fully saturated rings. The lowest BCUT2D eigenvalue weighted by Crippen LogP contribution is -2.61. The number of hydrogen-bond donors (Lipinski definition) is 21. The summed E-state index contributed by atoms with van der Waals surface area (Å²) < 4.78 is 0. The molecular weight excluding hydrogens is 1230 g/mol. The largest absolute Gasteiger partial charge is 0.394 e. The Labute approximate surface area is 536 Å². The average molecular weight is 1320 g/mol. The number of primary amides is 2. The van der Waals surface area contributed by atoms with E-state index < -0.39 is 175 Å². The molecule has 11 atom stereocenters. The highest BCUT2D eigenvalue weighted by Crippen LogP contribution is 2.11. The third kappa shape index (κ3) is 29.9. The molecule has 0 aromatic heterocycles. The van der Waals surface area contributed by atoms with Gasteiger partial charge in [-0.25, -0.2) is 0 Å². The van der Waals surface area contributed by atoms with Crippen molar-refractivity contribution in [2.45, 2.75) is 140 Å². The molecule has 502 valence electrons. The lowest BCUT2D eigenvalue weighted by atomic mass is 10.00. The minimum absolute atomic E-state index is 0.00443. The number of aliphatic hydroxyl groups is 1. The summed E-state index contributed by atoms with van der Waals surface area (Å²) in [7, 11) is 0. The fourth-order valence-electron chi connectivity index (χ4n) is 8.13. The molecule has 0 unspecified atom stereocenters. The Morgan fingerprint density at radius 1 is 0.462 bits per heavy atom. The predicted molar refractivity (Wildman–Crippen MR) is 337 cm³/mol. The van der Waals surface area contributed by atoms with Crippen LogP contribution in [0.3, 0.4) is 0 Å². The molecule has 2 rings (SSSR count). The van der Waals surface area contributed by atoms with Crippen molar-refractivity contribution in [1.29, 1.82) is 5.41 Å². The van der Waals surface area contributed by atoms with Gasteiger partial charge in [0.25, 0.3) is 0 Å². The van der Waals surface area contributed by atoms with E-state index in [1.165, 1.54) is 20.8 Å². The molecule has 0 heterocycles. The van der Waals surface area contributed by atoms with Gasteiger partial charge in [0.05, 0.1) is 32.2 Å². The maximum absolute atomic E-state index is 14.5. The number of carbonyl (C=O) groups is 14. The Morgan fingerprint density at radius 3 is 1.33 bits per heavy atom.